The first-order chi connectivity index (χ1) is 12.5. The maximum atomic E-state index is 13.0. The number of hydrogen-bond acceptors (Lipinski definition) is 5. The predicted molar refractivity (Wildman–Crippen MR) is 101 cm³/mol. The molecule has 1 aromatic carbocycles. The fourth-order valence-corrected chi connectivity index (χ4v) is 3.59. The minimum absolute atomic E-state index is 0.0113. The standard InChI is InChI=1S/C20H27N3O3/c1-5-6-18-17(13-21-26-18)19(24)22-11-12-23(20(2,3)14-22)15-7-9-16(25-4)10-8-15/h7-10,13H,5-6,11-12,14H2,1-4H3. The molecule has 0 unspecified atom stereocenters. The zero-order valence-electron chi connectivity index (χ0n) is 16.0. The van der Waals surface area contributed by atoms with Gasteiger partial charge in [-0.2, -0.15) is 0 Å². The minimum Gasteiger partial charge on any atom is -0.497 e. The molecule has 2 heterocycles. The Morgan fingerprint density at radius 2 is 2.00 bits per heavy atom. The smallest absolute Gasteiger partial charge is 0.259 e. The number of methoxy groups -OCH3 is 1. The lowest BCUT2D eigenvalue weighted by atomic mass is 9.97. The van der Waals surface area contributed by atoms with E-state index in [9.17, 15) is 4.79 Å². The van der Waals surface area contributed by atoms with E-state index in [1.807, 2.05) is 17.0 Å². The van der Waals surface area contributed by atoms with Gasteiger partial charge in [-0.15, -0.1) is 0 Å². The molecule has 0 saturated carbocycles. The summed E-state index contributed by atoms with van der Waals surface area (Å²) in [5.74, 6) is 1.54. The summed E-state index contributed by atoms with van der Waals surface area (Å²) in [6.45, 7) is 8.49. The predicted octanol–water partition coefficient (Wildman–Crippen LogP) is 3.38. The lowest BCUT2D eigenvalue weighted by Crippen LogP contribution is -2.60. The molecule has 6 nitrogen and oxygen atoms in total. The third-order valence-electron chi connectivity index (χ3n) is 4.93. The van der Waals surface area contributed by atoms with Crippen LogP contribution in [0.25, 0.3) is 0 Å². The van der Waals surface area contributed by atoms with Crippen LogP contribution in [-0.2, 0) is 6.42 Å². The Balaban J connectivity index is 1.75. The van der Waals surface area contributed by atoms with Crippen LogP contribution in [0.4, 0.5) is 5.69 Å². The maximum absolute atomic E-state index is 13.0. The summed E-state index contributed by atoms with van der Waals surface area (Å²) in [6, 6.07) is 8.07. The lowest BCUT2D eigenvalue weighted by molar-refractivity contribution is 0.0684. The van der Waals surface area contributed by atoms with E-state index in [-0.39, 0.29) is 11.4 Å². The second-order valence-corrected chi connectivity index (χ2v) is 7.30. The third kappa shape index (κ3) is 3.54. The first kappa shape index (κ1) is 18.3. The molecule has 0 N–H and O–H groups in total. The molecule has 1 amide bonds. The molecule has 140 valence electrons. The van der Waals surface area contributed by atoms with Crippen molar-refractivity contribution in [1.82, 2.24) is 10.1 Å². The van der Waals surface area contributed by atoms with Gasteiger partial charge in [0.25, 0.3) is 5.91 Å². The van der Waals surface area contributed by atoms with Gasteiger partial charge in [-0.3, -0.25) is 4.79 Å². The van der Waals surface area contributed by atoms with E-state index in [0.29, 0.717) is 24.4 Å². The van der Waals surface area contributed by atoms with Gasteiger partial charge in [-0.1, -0.05) is 12.1 Å². The topological polar surface area (TPSA) is 58.8 Å². The van der Waals surface area contributed by atoms with Crippen molar-refractivity contribution < 1.29 is 14.1 Å². The molecule has 0 atom stereocenters. The Morgan fingerprint density at radius 1 is 1.27 bits per heavy atom. The minimum atomic E-state index is -0.176. The molecule has 1 aromatic heterocycles. The van der Waals surface area contributed by atoms with Crippen molar-refractivity contribution in [3.05, 3.63) is 41.8 Å². The Labute approximate surface area is 154 Å². The summed E-state index contributed by atoms with van der Waals surface area (Å²) in [4.78, 5) is 17.2. The van der Waals surface area contributed by atoms with Crippen LogP contribution in [0.15, 0.2) is 35.0 Å². The summed E-state index contributed by atoms with van der Waals surface area (Å²) in [6.07, 6.45) is 3.21. The van der Waals surface area contributed by atoms with Crippen molar-refractivity contribution in [2.45, 2.75) is 39.2 Å². The summed E-state index contributed by atoms with van der Waals surface area (Å²) in [5, 5.41) is 3.83. The van der Waals surface area contributed by atoms with Gasteiger partial charge in [0, 0.05) is 31.7 Å². The molecule has 26 heavy (non-hydrogen) atoms. The van der Waals surface area contributed by atoms with Crippen molar-refractivity contribution in [2.75, 3.05) is 31.6 Å². The van der Waals surface area contributed by atoms with Gasteiger partial charge in [0.05, 0.1) is 18.8 Å². The number of piperazine rings is 1. The Bertz CT molecular complexity index is 752. The van der Waals surface area contributed by atoms with Gasteiger partial charge in [0.2, 0.25) is 0 Å². The molecule has 6 heteroatoms. The van der Waals surface area contributed by atoms with E-state index >= 15 is 0 Å². The largest absolute Gasteiger partial charge is 0.497 e. The molecule has 3 rings (SSSR count). The molecular formula is C20H27N3O3. The van der Waals surface area contributed by atoms with Crippen molar-refractivity contribution in [2.24, 2.45) is 0 Å². The van der Waals surface area contributed by atoms with Gasteiger partial charge in [0.1, 0.15) is 17.1 Å². The maximum Gasteiger partial charge on any atom is 0.259 e. The Hall–Kier alpha value is -2.50. The van der Waals surface area contributed by atoms with E-state index < -0.39 is 0 Å². The highest BCUT2D eigenvalue weighted by atomic mass is 16.5. The van der Waals surface area contributed by atoms with Crippen LogP contribution in [0.1, 0.15) is 43.3 Å². The van der Waals surface area contributed by atoms with Gasteiger partial charge < -0.3 is 19.1 Å². The number of aryl methyl sites for hydroxylation is 1. The second kappa shape index (κ2) is 7.40. The molecule has 1 aliphatic heterocycles. The van der Waals surface area contributed by atoms with Gasteiger partial charge in [0.15, 0.2) is 0 Å². The summed E-state index contributed by atoms with van der Waals surface area (Å²) in [5.41, 5.74) is 1.56. The van der Waals surface area contributed by atoms with Crippen molar-refractivity contribution in [3.8, 4) is 5.75 Å². The number of carbonyl (C=O) groups excluding carboxylic acids is 1. The average Bonchev–Trinajstić information content (AvgIpc) is 3.09. The van der Waals surface area contributed by atoms with E-state index in [1.165, 1.54) is 0 Å². The molecule has 1 fully saturated rings. The van der Waals surface area contributed by atoms with Crippen LogP contribution in [0.2, 0.25) is 0 Å². The van der Waals surface area contributed by atoms with Gasteiger partial charge >= 0.3 is 0 Å². The average molecular weight is 357 g/mol. The van der Waals surface area contributed by atoms with Crippen LogP contribution in [0, 0.1) is 0 Å². The number of nitrogens with zero attached hydrogens (tertiary/aromatic N) is 3. The monoisotopic (exact) mass is 357 g/mol. The number of amides is 1. The SMILES string of the molecule is CCCc1oncc1C(=O)N1CCN(c2ccc(OC)cc2)C(C)(C)C1. The fourth-order valence-electron chi connectivity index (χ4n) is 3.59. The number of rotatable bonds is 5. The first-order valence-electron chi connectivity index (χ1n) is 9.11. The van der Waals surface area contributed by atoms with Gasteiger partial charge in [-0.25, -0.2) is 0 Å². The molecule has 0 bridgehead atoms. The summed E-state index contributed by atoms with van der Waals surface area (Å²) < 4.78 is 10.5. The molecule has 1 saturated heterocycles. The first-order valence-corrected chi connectivity index (χ1v) is 9.11. The van der Waals surface area contributed by atoms with E-state index in [2.05, 4.69) is 43.0 Å². The van der Waals surface area contributed by atoms with Crippen LogP contribution >= 0.6 is 0 Å². The lowest BCUT2D eigenvalue weighted by Gasteiger charge is -2.48. The van der Waals surface area contributed by atoms with Gasteiger partial charge in [-0.05, 0) is 44.5 Å². The highest BCUT2D eigenvalue weighted by molar-refractivity contribution is 5.95. The fraction of sp³-hybridized carbons (Fsp3) is 0.500. The number of aromatic nitrogens is 1. The third-order valence-corrected chi connectivity index (χ3v) is 4.93. The molecule has 0 aliphatic carbocycles. The molecule has 0 spiro atoms. The van der Waals surface area contributed by atoms with Crippen molar-refractivity contribution in [3.63, 3.8) is 0 Å². The number of hydrogen-bond donors (Lipinski definition) is 0. The van der Waals surface area contributed by atoms with Crippen LogP contribution in [0.5, 0.6) is 5.75 Å². The van der Waals surface area contributed by atoms with E-state index in [0.717, 1.165) is 30.8 Å². The quantitative estimate of drug-likeness (QED) is 0.821. The van der Waals surface area contributed by atoms with Crippen molar-refractivity contribution >= 4 is 11.6 Å². The van der Waals surface area contributed by atoms with Crippen molar-refractivity contribution in [1.29, 1.82) is 0 Å². The van der Waals surface area contributed by atoms with E-state index in [4.69, 9.17) is 9.26 Å². The zero-order chi connectivity index (χ0) is 18.7. The van der Waals surface area contributed by atoms with Crippen LogP contribution < -0.4 is 9.64 Å². The number of anilines is 1. The molecule has 0 radical (unpaired) electrons. The zero-order valence-corrected chi connectivity index (χ0v) is 16.0. The summed E-state index contributed by atoms with van der Waals surface area (Å²) >= 11 is 0. The number of carbonyl (C=O) groups is 1. The number of benzene rings is 1. The highest BCUT2D eigenvalue weighted by Gasteiger charge is 2.36. The number of ether oxygens (including phenoxy) is 1. The van der Waals surface area contributed by atoms with Crippen LogP contribution in [0.3, 0.4) is 0 Å². The molecular weight excluding hydrogens is 330 g/mol. The Morgan fingerprint density at radius 3 is 2.62 bits per heavy atom. The molecule has 2 aromatic rings. The normalized spacial score (nSPS) is 16.6. The van der Waals surface area contributed by atoms with E-state index in [1.54, 1.807) is 13.3 Å². The molecule has 1 aliphatic rings. The van der Waals surface area contributed by atoms with Crippen LogP contribution in [-0.4, -0.2) is 48.2 Å². The highest BCUT2D eigenvalue weighted by Crippen LogP contribution is 2.30. The summed E-state index contributed by atoms with van der Waals surface area (Å²) in [7, 11) is 1.67. The Kier molecular flexibility index (Phi) is 5.20. The second-order valence-electron chi connectivity index (χ2n) is 7.30.